The third-order valence-electron chi connectivity index (χ3n) is 0.552. The molecule has 0 aliphatic carbocycles. The molecule has 4 heteroatoms. The van der Waals surface area contributed by atoms with Gasteiger partial charge in [0.25, 0.3) is 0 Å². The molecule has 9 heavy (non-hydrogen) atoms. The predicted octanol–water partition coefficient (Wildman–Crippen LogP) is 0.156. The first-order valence-electron chi connectivity index (χ1n) is 1.91. The zero-order chi connectivity index (χ0) is 6.57. The average molecular weight is 166 g/mol. The van der Waals surface area contributed by atoms with Gasteiger partial charge in [-0.25, -0.2) is 5.71 Å². The third-order valence-corrected chi connectivity index (χ3v) is 0.552. The van der Waals surface area contributed by atoms with E-state index in [1.165, 1.54) is 0 Å². The molecule has 0 atom stereocenters. The quantitative estimate of drug-likeness (QED) is 0.254. The van der Waals surface area contributed by atoms with Crippen LogP contribution >= 0.6 is 0 Å². The van der Waals surface area contributed by atoms with E-state index in [9.17, 15) is 4.79 Å². The Morgan fingerprint density at radius 2 is 2.22 bits per heavy atom. The molecule has 0 heterocycles. The summed E-state index contributed by atoms with van der Waals surface area (Å²) in [4.78, 5) is 10.1. The molecular formula is C5H5MnNO2. The number of hydrogen-bond donors (Lipinski definition) is 0. The van der Waals surface area contributed by atoms with E-state index in [1.54, 1.807) is 0 Å². The standard InChI is InChI=1S/C5H5NO2.Mn/c1-3-4(6)5(7)8-2;/h1,3H,2H3;/q-2;+2. The maximum atomic E-state index is 10.1. The Morgan fingerprint density at radius 3 is 2.33 bits per heavy atom. The van der Waals surface area contributed by atoms with Crippen molar-refractivity contribution in [2.24, 2.45) is 0 Å². The van der Waals surface area contributed by atoms with Gasteiger partial charge in [0.1, 0.15) is 0 Å². The van der Waals surface area contributed by atoms with Gasteiger partial charge < -0.3 is 10.1 Å². The number of nitrogens with zero attached hydrogens (tertiary/aromatic N) is 1. The summed E-state index contributed by atoms with van der Waals surface area (Å²) in [6.45, 7) is 4.74. The Balaban J connectivity index is 0. The molecule has 0 bridgehead atoms. The van der Waals surface area contributed by atoms with Crippen LogP contribution in [-0.4, -0.2) is 18.8 Å². The fourth-order valence-corrected chi connectivity index (χ4v) is 0.173. The number of methoxy groups -OCH3 is 1. The zero-order valence-electron chi connectivity index (χ0n) is 4.80. The van der Waals surface area contributed by atoms with Crippen molar-refractivity contribution in [3.8, 4) is 0 Å². The fraction of sp³-hybridized carbons (Fsp3) is 0.200. The van der Waals surface area contributed by atoms with Crippen LogP contribution < -0.4 is 0 Å². The van der Waals surface area contributed by atoms with Crippen LogP contribution in [0.3, 0.4) is 0 Å². The molecule has 0 unspecified atom stereocenters. The van der Waals surface area contributed by atoms with Crippen molar-refractivity contribution in [2.75, 3.05) is 7.11 Å². The van der Waals surface area contributed by atoms with Crippen LogP contribution in [0.1, 0.15) is 0 Å². The van der Waals surface area contributed by atoms with E-state index in [1.807, 2.05) is 0 Å². The third kappa shape index (κ3) is 3.94. The van der Waals surface area contributed by atoms with E-state index in [-0.39, 0.29) is 17.1 Å². The van der Waals surface area contributed by atoms with Crippen LogP contribution in [0.4, 0.5) is 0 Å². The smallest absolute Gasteiger partial charge is 0.899 e. The molecule has 49 valence electrons. The topological polar surface area (TPSA) is 48.6 Å². The first kappa shape index (κ1) is 11.2. The van der Waals surface area contributed by atoms with Gasteiger partial charge in [-0.1, -0.05) is 0 Å². The molecule has 0 saturated heterocycles. The SMILES string of the molecule is [CH-]=CC(=[N-])C(=O)OC.[Mn+2]. The minimum absolute atomic E-state index is 0. The average Bonchev–Trinajstić information content (AvgIpc) is 1.84. The molecule has 0 aliphatic heterocycles. The van der Waals surface area contributed by atoms with Crippen LogP contribution in [0.2, 0.25) is 0 Å². The maximum Gasteiger partial charge on any atom is 2.00 e. The van der Waals surface area contributed by atoms with Crippen molar-refractivity contribution in [2.45, 2.75) is 0 Å². The Labute approximate surface area is 64.1 Å². The second-order valence-electron chi connectivity index (χ2n) is 1.04. The van der Waals surface area contributed by atoms with Crippen molar-refractivity contribution in [1.82, 2.24) is 0 Å². The van der Waals surface area contributed by atoms with Gasteiger partial charge in [-0.05, 0) is 0 Å². The van der Waals surface area contributed by atoms with E-state index >= 15 is 0 Å². The zero-order valence-corrected chi connectivity index (χ0v) is 5.98. The molecule has 0 aromatic heterocycles. The molecule has 0 amide bonds. The molecule has 0 spiro atoms. The van der Waals surface area contributed by atoms with Crippen molar-refractivity contribution < 1.29 is 26.6 Å². The normalized spacial score (nSPS) is 6.78. The second kappa shape index (κ2) is 5.53. The fourth-order valence-electron chi connectivity index (χ4n) is 0.173. The molecule has 0 saturated carbocycles. The summed E-state index contributed by atoms with van der Waals surface area (Å²) in [5, 5.41) is 8.39. The van der Waals surface area contributed by atoms with E-state index < -0.39 is 11.7 Å². The summed E-state index contributed by atoms with van der Waals surface area (Å²) in [5.41, 5.74) is -0.576. The molecule has 1 radical (unpaired) electrons. The van der Waals surface area contributed by atoms with E-state index in [2.05, 4.69) is 4.74 Å². The van der Waals surface area contributed by atoms with Gasteiger partial charge in [-0.2, -0.15) is 0 Å². The summed E-state index contributed by atoms with van der Waals surface area (Å²) in [5.74, 6) is -0.826. The van der Waals surface area contributed by atoms with Gasteiger partial charge in [0.05, 0.1) is 7.11 Å². The Kier molecular flexibility index (Phi) is 6.91. The van der Waals surface area contributed by atoms with Crippen LogP contribution in [0.5, 0.6) is 0 Å². The van der Waals surface area contributed by atoms with Crippen LogP contribution in [0.25, 0.3) is 5.41 Å². The molecule has 0 aromatic carbocycles. The predicted molar refractivity (Wildman–Crippen MR) is 29.3 cm³/mol. The largest absolute Gasteiger partial charge is 2.00 e. The number of carbonyl (C=O) groups excluding carboxylic acids is 1. The van der Waals surface area contributed by atoms with Crippen molar-refractivity contribution in [3.05, 3.63) is 18.1 Å². The molecule has 0 aromatic rings. The van der Waals surface area contributed by atoms with Crippen LogP contribution in [0.15, 0.2) is 6.08 Å². The van der Waals surface area contributed by atoms with Crippen molar-refractivity contribution in [1.29, 1.82) is 0 Å². The summed E-state index contributed by atoms with van der Waals surface area (Å²) >= 11 is 0. The summed E-state index contributed by atoms with van der Waals surface area (Å²) in [7, 11) is 1.15. The first-order valence-corrected chi connectivity index (χ1v) is 1.91. The minimum Gasteiger partial charge on any atom is -0.899 e. The Morgan fingerprint density at radius 1 is 1.78 bits per heavy atom. The number of esters is 1. The van der Waals surface area contributed by atoms with Crippen molar-refractivity contribution in [3.63, 3.8) is 0 Å². The number of rotatable bonds is 2. The van der Waals surface area contributed by atoms with E-state index in [0.29, 0.717) is 0 Å². The molecule has 0 aliphatic rings. The van der Waals surface area contributed by atoms with Gasteiger partial charge >= 0.3 is 17.1 Å². The number of hydrogen-bond acceptors (Lipinski definition) is 2. The Bertz CT molecular complexity index is 133. The summed E-state index contributed by atoms with van der Waals surface area (Å²) < 4.78 is 4.07. The van der Waals surface area contributed by atoms with E-state index in [4.69, 9.17) is 12.0 Å². The summed E-state index contributed by atoms with van der Waals surface area (Å²) in [6.07, 6.45) is 0.770. The van der Waals surface area contributed by atoms with Gasteiger partial charge in [0.15, 0.2) is 0 Å². The summed E-state index contributed by atoms with van der Waals surface area (Å²) in [6, 6.07) is 0. The minimum atomic E-state index is -0.826. The number of carbonyl (C=O) groups is 1. The van der Waals surface area contributed by atoms with Crippen LogP contribution in [0, 0.1) is 6.58 Å². The molecule has 0 rings (SSSR count). The first-order chi connectivity index (χ1) is 3.72. The molecule has 0 fully saturated rings. The second-order valence-corrected chi connectivity index (χ2v) is 1.04. The monoisotopic (exact) mass is 166 g/mol. The van der Waals surface area contributed by atoms with Gasteiger partial charge in [-0.3, -0.25) is 17.4 Å². The van der Waals surface area contributed by atoms with Gasteiger partial charge in [-0.15, -0.1) is 0 Å². The Hall–Kier alpha value is -0.601. The van der Waals surface area contributed by atoms with E-state index in [0.717, 1.165) is 13.2 Å². The molecule has 0 N–H and O–H groups in total. The van der Waals surface area contributed by atoms with Crippen LogP contribution in [-0.2, 0) is 26.6 Å². The van der Waals surface area contributed by atoms with Gasteiger partial charge in [0, 0.05) is 0 Å². The maximum absolute atomic E-state index is 10.1. The van der Waals surface area contributed by atoms with Gasteiger partial charge in [0.2, 0.25) is 5.97 Å². The number of ether oxygens (including phenoxy) is 1. The molecular weight excluding hydrogens is 161 g/mol. The van der Waals surface area contributed by atoms with Crippen molar-refractivity contribution >= 4 is 11.7 Å². The molecule has 3 nitrogen and oxygen atoms in total.